The topological polar surface area (TPSA) is 6.48 Å². The van der Waals surface area contributed by atoms with E-state index in [9.17, 15) is 0 Å². The van der Waals surface area contributed by atoms with Crippen LogP contribution in [0.3, 0.4) is 0 Å². The molecule has 0 aromatic heterocycles. The molecule has 0 N–H and O–H groups in total. The molecule has 0 saturated carbocycles. The number of hydrogen-bond donors (Lipinski definition) is 0. The zero-order valence-corrected chi connectivity index (χ0v) is 10.4. The molecule has 0 rings (SSSR count). The van der Waals surface area contributed by atoms with Gasteiger partial charge in [-0.3, -0.25) is 0 Å². The Kier molecular flexibility index (Phi) is 14.1. The molecule has 0 radical (unpaired) electrons. The molecule has 0 fully saturated rings. The molecule has 0 bridgehead atoms. The first-order valence-electron chi connectivity index (χ1n) is 5.56. The molecule has 0 aliphatic carbocycles. The van der Waals surface area contributed by atoms with Crippen LogP contribution in [0.5, 0.6) is 0 Å². The molecule has 0 unspecified atom stereocenters. The number of hydrogen-bond acceptors (Lipinski definition) is 2. The van der Waals surface area contributed by atoms with Crippen molar-refractivity contribution in [3.63, 3.8) is 0 Å². The van der Waals surface area contributed by atoms with Crippen molar-refractivity contribution in [2.45, 2.75) is 34.6 Å². The van der Waals surface area contributed by atoms with Crippen molar-refractivity contribution >= 4 is 0 Å². The van der Waals surface area contributed by atoms with E-state index in [1.165, 1.54) is 19.6 Å². The molecular weight excluding hydrogens is 160 g/mol. The van der Waals surface area contributed by atoms with E-state index in [2.05, 4.69) is 51.5 Å². The van der Waals surface area contributed by atoms with Crippen LogP contribution in [0.1, 0.15) is 34.6 Å². The monoisotopic (exact) mass is 188 g/mol. The minimum absolute atomic E-state index is 1.16. The molecule has 0 spiro atoms. The van der Waals surface area contributed by atoms with Crippen LogP contribution in [-0.4, -0.2) is 49.6 Å². The molecule has 0 atom stereocenters. The van der Waals surface area contributed by atoms with E-state index in [0.29, 0.717) is 0 Å². The normalized spacial score (nSPS) is 10.2. The lowest BCUT2D eigenvalue weighted by Crippen LogP contribution is -2.21. The third-order valence-electron chi connectivity index (χ3n) is 2.42. The average molecular weight is 188 g/mol. The van der Waals surface area contributed by atoms with Gasteiger partial charge >= 0.3 is 0 Å². The van der Waals surface area contributed by atoms with Crippen LogP contribution in [0.25, 0.3) is 0 Å². The summed E-state index contributed by atoms with van der Waals surface area (Å²) in [4.78, 5) is 4.62. The van der Waals surface area contributed by atoms with Crippen LogP contribution in [-0.2, 0) is 0 Å². The average Bonchev–Trinajstić information content (AvgIpc) is 2.20. The molecular formula is C11H28N2. The summed E-state index contributed by atoms with van der Waals surface area (Å²) in [5, 5.41) is 0. The summed E-state index contributed by atoms with van der Waals surface area (Å²) in [6.45, 7) is 16.8. The first-order valence-corrected chi connectivity index (χ1v) is 5.56. The fourth-order valence-electron chi connectivity index (χ4n) is 0.894. The van der Waals surface area contributed by atoms with Crippen molar-refractivity contribution in [3.8, 4) is 0 Å². The Morgan fingerprint density at radius 1 is 0.615 bits per heavy atom. The molecule has 13 heavy (non-hydrogen) atoms. The van der Waals surface area contributed by atoms with E-state index in [1.807, 2.05) is 0 Å². The van der Waals surface area contributed by atoms with Gasteiger partial charge in [0.1, 0.15) is 0 Å². The van der Waals surface area contributed by atoms with Gasteiger partial charge in [-0.05, 0) is 39.8 Å². The van der Waals surface area contributed by atoms with Crippen LogP contribution < -0.4 is 0 Å². The maximum atomic E-state index is 2.38. The third-order valence-corrected chi connectivity index (χ3v) is 2.42. The lowest BCUT2D eigenvalue weighted by molar-refractivity contribution is 0.321. The van der Waals surface area contributed by atoms with E-state index in [4.69, 9.17) is 0 Å². The minimum atomic E-state index is 1.16. The van der Waals surface area contributed by atoms with E-state index in [-0.39, 0.29) is 0 Å². The fraction of sp³-hybridized carbons (Fsp3) is 1.00. The Labute approximate surface area is 84.9 Å². The van der Waals surface area contributed by atoms with Crippen molar-refractivity contribution < 1.29 is 0 Å². The zero-order valence-electron chi connectivity index (χ0n) is 10.4. The standard InChI is InChI=1S/C6H15N.C5H13N/c1-4-7(5-2)6-3;1-4-6(3)5-2/h4-6H2,1-3H3;4-5H2,1-3H3. The Morgan fingerprint density at radius 3 is 0.923 bits per heavy atom. The minimum Gasteiger partial charge on any atom is -0.307 e. The molecule has 2 heteroatoms. The molecule has 2 nitrogen and oxygen atoms in total. The summed E-state index contributed by atoms with van der Waals surface area (Å²) < 4.78 is 0. The van der Waals surface area contributed by atoms with E-state index in [1.54, 1.807) is 0 Å². The lowest BCUT2D eigenvalue weighted by Gasteiger charge is -2.13. The second-order valence-electron chi connectivity index (χ2n) is 3.11. The highest BCUT2D eigenvalue weighted by Gasteiger charge is 1.89. The second kappa shape index (κ2) is 11.9. The molecule has 0 heterocycles. The predicted octanol–water partition coefficient (Wildman–Crippen LogP) is 2.31. The molecule has 0 aliphatic heterocycles. The Morgan fingerprint density at radius 2 is 0.923 bits per heavy atom. The molecule has 82 valence electrons. The van der Waals surface area contributed by atoms with Gasteiger partial charge in [-0.1, -0.05) is 34.6 Å². The third kappa shape index (κ3) is 11.9. The van der Waals surface area contributed by atoms with Gasteiger partial charge in [0, 0.05) is 0 Å². The SMILES string of the molecule is CCN(C)CC.CCN(CC)CC. The van der Waals surface area contributed by atoms with Gasteiger partial charge in [0.2, 0.25) is 0 Å². The molecule has 0 amide bonds. The van der Waals surface area contributed by atoms with Crippen molar-refractivity contribution in [2.75, 3.05) is 39.8 Å². The van der Waals surface area contributed by atoms with Gasteiger partial charge in [0.15, 0.2) is 0 Å². The lowest BCUT2D eigenvalue weighted by atomic mass is 10.5. The molecule has 0 aromatic rings. The van der Waals surface area contributed by atoms with E-state index in [0.717, 1.165) is 13.1 Å². The largest absolute Gasteiger partial charge is 0.307 e. The van der Waals surface area contributed by atoms with Crippen LogP contribution in [0.2, 0.25) is 0 Å². The van der Waals surface area contributed by atoms with Crippen molar-refractivity contribution in [3.05, 3.63) is 0 Å². The van der Waals surface area contributed by atoms with Gasteiger partial charge in [0.05, 0.1) is 0 Å². The fourth-order valence-corrected chi connectivity index (χ4v) is 0.894. The number of rotatable bonds is 5. The van der Waals surface area contributed by atoms with Gasteiger partial charge in [-0.2, -0.15) is 0 Å². The van der Waals surface area contributed by atoms with Gasteiger partial charge in [-0.25, -0.2) is 0 Å². The second-order valence-corrected chi connectivity index (χ2v) is 3.11. The Balaban J connectivity index is 0. The number of nitrogens with zero attached hydrogens (tertiary/aromatic N) is 2. The quantitative estimate of drug-likeness (QED) is 0.653. The van der Waals surface area contributed by atoms with Crippen LogP contribution in [0, 0.1) is 0 Å². The summed E-state index contributed by atoms with van der Waals surface area (Å²) in [7, 11) is 2.11. The highest BCUT2D eigenvalue weighted by Crippen LogP contribution is 1.81. The first kappa shape index (κ1) is 15.4. The van der Waals surface area contributed by atoms with Crippen molar-refractivity contribution in [1.82, 2.24) is 9.80 Å². The van der Waals surface area contributed by atoms with Crippen LogP contribution in [0.4, 0.5) is 0 Å². The van der Waals surface area contributed by atoms with Crippen molar-refractivity contribution in [1.29, 1.82) is 0 Å². The summed E-state index contributed by atoms with van der Waals surface area (Å²) in [6.07, 6.45) is 0. The van der Waals surface area contributed by atoms with Gasteiger partial charge in [-0.15, -0.1) is 0 Å². The zero-order chi connectivity index (χ0) is 10.7. The van der Waals surface area contributed by atoms with Crippen LogP contribution >= 0.6 is 0 Å². The van der Waals surface area contributed by atoms with Gasteiger partial charge in [0.25, 0.3) is 0 Å². The summed E-state index contributed by atoms with van der Waals surface area (Å²) in [6, 6.07) is 0. The van der Waals surface area contributed by atoms with E-state index < -0.39 is 0 Å². The molecule has 0 saturated heterocycles. The smallest absolute Gasteiger partial charge is 0.00474 e. The molecule has 0 aliphatic rings. The summed E-state index contributed by atoms with van der Waals surface area (Å²) >= 11 is 0. The molecule has 0 aromatic carbocycles. The maximum absolute atomic E-state index is 2.38. The summed E-state index contributed by atoms with van der Waals surface area (Å²) in [5.74, 6) is 0. The van der Waals surface area contributed by atoms with Crippen LogP contribution in [0.15, 0.2) is 0 Å². The van der Waals surface area contributed by atoms with Gasteiger partial charge < -0.3 is 9.80 Å². The Bertz CT molecular complexity index is 70.6. The summed E-state index contributed by atoms with van der Waals surface area (Å²) in [5.41, 5.74) is 0. The predicted molar refractivity (Wildman–Crippen MR) is 62.3 cm³/mol. The van der Waals surface area contributed by atoms with Crippen molar-refractivity contribution in [2.24, 2.45) is 0 Å². The first-order chi connectivity index (χ1) is 6.15. The van der Waals surface area contributed by atoms with E-state index >= 15 is 0 Å². The Hall–Kier alpha value is -0.0800. The maximum Gasteiger partial charge on any atom is -0.00474 e. The highest BCUT2D eigenvalue weighted by atomic mass is 15.1. The highest BCUT2D eigenvalue weighted by molar-refractivity contribution is 4.43.